The van der Waals surface area contributed by atoms with Gasteiger partial charge in [-0.25, -0.2) is 0 Å². The molecule has 2 heterocycles. The van der Waals surface area contributed by atoms with E-state index in [1.54, 1.807) is 12.1 Å². The van der Waals surface area contributed by atoms with Crippen LogP contribution in [0.5, 0.6) is 5.75 Å². The fraction of sp³-hybridized carbons (Fsp3) is 0.556. The number of hydrogen-bond donors (Lipinski definition) is 2. The van der Waals surface area contributed by atoms with Crippen molar-refractivity contribution >= 4 is 39.1 Å². The second-order valence-electron chi connectivity index (χ2n) is 6.30. The third kappa shape index (κ3) is 4.70. The molecule has 1 saturated carbocycles. The molecular weight excluding hydrogens is 483 g/mol. The summed E-state index contributed by atoms with van der Waals surface area (Å²) in [7, 11) is 0. The van der Waals surface area contributed by atoms with Gasteiger partial charge in [-0.15, -0.1) is 12.6 Å². The Kier molecular flexibility index (Phi) is 7.36. The Labute approximate surface area is 158 Å². The average molecular weight is 508 g/mol. The maximum Gasteiger partial charge on any atom is 2.00 e. The molecular formula is C18H24N2O2Pb. The molecule has 2 radical (unpaired) electrons. The molecule has 0 spiro atoms. The first-order valence-corrected chi connectivity index (χ1v) is 8.31. The van der Waals surface area contributed by atoms with Gasteiger partial charge in [-0.3, -0.25) is 0 Å². The molecule has 2 fully saturated rings. The summed E-state index contributed by atoms with van der Waals surface area (Å²) in [6.07, 6.45) is 9.87. The minimum absolute atomic E-state index is 0. The summed E-state index contributed by atoms with van der Waals surface area (Å²) < 4.78 is 0. The Bertz CT molecular complexity index is 534. The molecule has 122 valence electrons. The van der Waals surface area contributed by atoms with Gasteiger partial charge in [0.25, 0.3) is 0 Å². The van der Waals surface area contributed by atoms with Crippen LogP contribution in [0.25, 0.3) is 11.4 Å². The van der Waals surface area contributed by atoms with Crippen molar-refractivity contribution in [2.75, 3.05) is 18.4 Å². The molecule has 1 aromatic rings. The second-order valence-corrected chi connectivity index (χ2v) is 6.30. The van der Waals surface area contributed by atoms with Crippen molar-refractivity contribution in [1.29, 1.82) is 0 Å². The molecule has 5 heteroatoms. The predicted molar refractivity (Wildman–Crippen MR) is 93.8 cm³/mol. The van der Waals surface area contributed by atoms with Gasteiger partial charge in [-0.05, 0) is 12.0 Å². The van der Waals surface area contributed by atoms with E-state index in [0.717, 1.165) is 30.8 Å². The molecule has 3 aliphatic rings. The first kappa shape index (κ1) is 18.7. The van der Waals surface area contributed by atoms with Crippen molar-refractivity contribution in [3.05, 3.63) is 35.2 Å². The molecule has 3 atom stereocenters. The zero-order chi connectivity index (χ0) is 15.4. The van der Waals surface area contributed by atoms with E-state index in [1.165, 1.54) is 25.7 Å². The van der Waals surface area contributed by atoms with E-state index >= 15 is 0 Å². The van der Waals surface area contributed by atoms with E-state index in [1.807, 2.05) is 18.2 Å². The number of para-hydroxylation sites is 1. The van der Waals surface area contributed by atoms with E-state index in [0.29, 0.717) is 12.0 Å². The van der Waals surface area contributed by atoms with Gasteiger partial charge in [0.15, 0.2) is 0 Å². The van der Waals surface area contributed by atoms with E-state index in [2.05, 4.69) is 10.6 Å². The summed E-state index contributed by atoms with van der Waals surface area (Å²) in [5, 5.41) is 28.3. The van der Waals surface area contributed by atoms with Gasteiger partial charge in [0, 0.05) is 18.3 Å². The fourth-order valence-corrected chi connectivity index (χ4v) is 3.65. The van der Waals surface area contributed by atoms with Gasteiger partial charge in [-0.2, -0.15) is 0 Å². The fourth-order valence-electron chi connectivity index (χ4n) is 3.65. The molecule has 0 bridgehead atoms. The van der Waals surface area contributed by atoms with E-state index in [4.69, 9.17) is 0 Å². The van der Waals surface area contributed by atoms with Crippen LogP contribution < -0.4 is 10.4 Å². The van der Waals surface area contributed by atoms with Gasteiger partial charge >= 0.3 is 27.3 Å². The SMILES string of the molecule is OC1CCCC2CCC[N-]C12.[O-]c1cccc2c1NCC=C2.[Pb+2]. The normalized spacial score (nSPS) is 28.1. The minimum Gasteiger partial charge on any atom is -0.871 e. The summed E-state index contributed by atoms with van der Waals surface area (Å²) in [5.41, 5.74) is 1.72. The van der Waals surface area contributed by atoms with Crippen LogP contribution in [0.2, 0.25) is 0 Å². The van der Waals surface area contributed by atoms with Crippen LogP contribution in [-0.4, -0.2) is 57.6 Å². The number of benzene rings is 1. The summed E-state index contributed by atoms with van der Waals surface area (Å²) in [4.78, 5) is 0. The van der Waals surface area contributed by atoms with Gasteiger partial charge in [0.05, 0.1) is 0 Å². The molecule has 0 amide bonds. The third-order valence-corrected chi connectivity index (χ3v) is 4.78. The zero-order valence-corrected chi connectivity index (χ0v) is 17.3. The van der Waals surface area contributed by atoms with Crippen LogP contribution in [0.4, 0.5) is 5.69 Å². The monoisotopic (exact) mass is 508 g/mol. The van der Waals surface area contributed by atoms with Crippen LogP contribution in [0.1, 0.15) is 37.7 Å². The van der Waals surface area contributed by atoms with Gasteiger partial charge < -0.3 is 20.8 Å². The van der Waals surface area contributed by atoms with Gasteiger partial charge in [0.2, 0.25) is 0 Å². The summed E-state index contributed by atoms with van der Waals surface area (Å²) in [6.45, 7) is 1.74. The first-order valence-electron chi connectivity index (χ1n) is 8.31. The molecule has 1 saturated heterocycles. The van der Waals surface area contributed by atoms with Crippen molar-refractivity contribution in [3.8, 4) is 5.75 Å². The molecule has 0 aromatic heterocycles. The van der Waals surface area contributed by atoms with Crippen molar-refractivity contribution in [2.24, 2.45) is 5.92 Å². The maximum atomic E-state index is 11.2. The van der Waals surface area contributed by atoms with Crippen LogP contribution >= 0.6 is 0 Å². The number of nitrogens with one attached hydrogen (secondary N) is 1. The number of aliphatic hydroxyl groups excluding tert-OH is 1. The number of piperidine rings is 1. The summed E-state index contributed by atoms with van der Waals surface area (Å²) in [5.74, 6) is 0.791. The Morgan fingerprint density at radius 1 is 1.17 bits per heavy atom. The third-order valence-electron chi connectivity index (χ3n) is 4.78. The number of rotatable bonds is 0. The Hall–Kier alpha value is -0.598. The summed E-state index contributed by atoms with van der Waals surface area (Å²) >= 11 is 0. The number of fused-ring (bicyclic) bond motifs is 2. The van der Waals surface area contributed by atoms with Crippen molar-refractivity contribution in [3.63, 3.8) is 0 Å². The van der Waals surface area contributed by atoms with Crippen LogP contribution in [-0.2, 0) is 0 Å². The first-order chi connectivity index (χ1) is 10.8. The Morgan fingerprint density at radius 2 is 2.00 bits per heavy atom. The smallest absolute Gasteiger partial charge is 0.871 e. The minimum atomic E-state index is -0.117. The summed E-state index contributed by atoms with van der Waals surface area (Å²) in [6, 6.07) is 5.58. The number of hydrogen-bond acceptors (Lipinski definition) is 3. The van der Waals surface area contributed by atoms with E-state index in [-0.39, 0.29) is 39.2 Å². The zero-order valence-electron chi connectivity index (χ0n) is 13.4. The molecule has 4 rings (SSSR count). The topological polar surface area (TPSA) is 69.4 Å². The molecule has 3 unspecified atom stereocenters. The van der Waals surface area contributed by atoms with E-state index < -0.39 is 0 Å². The number of anilines is 1. The number of aliphatic hydroxyl groups is 1. The van der Waals surface area contributed by atoms with E-state index in [9.17, 15) is 10.2 Å². The van der Waals surface area contributed by atoms with Crippen LogP contribution in [0, 0.1) is 5.92 Å². The number of nitrogens with zero attached hydrogens (tertiary/aromatic N) is 1. The van der Waals surface area contributed by atoms with Crippen LogP contribution in [0.15, 0.2) is 24.3 Å². The molecule has 2 aliphatic heterocycles. The maximum absolute atomic E-state index is 11.2. The van der Waals surface area contributed by atoms with Crippen molar-refractivity contribution < 1.29 is 10.2 Å². The molecule has 2 N–H and O–H groups in total. The molecule has 1 aromatic carbocycles. The second kappa shape index (κ2) is 9.03. The predicted octanol–water partition coefficient (Wildman–Crippen LogP) is 2.50. The average Bonchev–Trinajstić information content (AvgIpc) is 2.57. The van der Waals surface area contributed by atoms with Gasteiger partial charge in [0.1, 0.15) is 0 Å². The van der Waals surface area contributed by atoms with Crippen molar-refractivity contribution in [1.82, 2.24) is 0 Å². The molecule has 4 nitrogen and oxygen atoms in total. The van der Waals surface area contributed by atoms with Crippen molar-refractivity contribution in [2.45, 2.75) is 44.2 Å². The Morgan fingerprint density at radius 3 is 2.78 bits per heavy atom. The van der Waals surface area contributed by atoms with Gasteiger partial charge in [-0.1, -0.05) is 67.7 Å². The Balaban J connectivity index is 0.000000160. The molecule has 23 heavy (non-hydrogen) atoms. The standard InChI is InChI=1S/C9H16NO.C9H9NO.Pb/c2*11-8-5-1-3-7-4-2-6-10-9(7)8;/h7-9,11H,1-6H2;1-5,10-11H,6H2;/q-1;;+2/p-1. The quantitative estimate of drug-likeness (QED) is 0.531. The molecule has 1 aliphatic carbocycles. The largest absolute Gasteiger partial charge is 2.00 e. The van der Waals surface area contributed by atoms with Crippen LogP contribution in [0.3, 0.4) is 0 Å².